The molecule has 3 rings (SSSR count). The second-order valence-electron chi connectivity index (χ2n) is 6.60. The molecule has 1 heterocycles. The van der Waals surface area contributed by atoms with Gasteiger partial charge in [-0.15, -0.1) is 0 Å². The number of nitrogens with zero attached hydrogens (tertiary/aromatic N) is 2. The maximum Gasteiger partial charge on any atom is 0.131 e. The summed E-state index contributed by atoms with van der Waals surface area (Å²) in [6.45, 7) is 5.55. The van der Waals surface area contributed by atoms with E-state index in [9.17, 15) is 0 Å². The Balaban J connectivity index is 1.85. The molecule has 1 aromatic rings. The van der Waals surface area contributed by atoms with Gasteiger partial charge in [0.2, 0.25) is 0 Å². The van der Waals surface area contributed by atoms with Crippen molar-refractivity contribution >= 4 is 0 Å². The lowest BCUT2D eigenvalue weighted by Gasteiger charge is -2.19. The molecule has 0 amide bonds. The molecule has 3 atom stereocenters. The van der Waals surface area contributed by atoms with Crippen molar-refractivity contribution in [1.29, 1.82) is 0 Å². The molecule has 1 fully saturated rings. The highest BCUT2D eigenvalue weighted by molar-refractivity contribution is 5.24. The molecule has 110 valence electrons. The number of fused-ring (bicyclic) bond motifs is 1. The fraction of sp³-hybridized carbons (Fsp3) is 0.765. The van der Waals surface area contributed by atoms with Crippen LogP contribution in [0.3, 0.4) is 0 Å². The second-order valence-corrected chi connectivity index (χ2v) is 6.60. The summed E-state index contributed by atoms with van der Waals surface area (Å²) in [5.74, 6) is 2.57. The molecule has 3 nitrogen and oxygen atoms in total. The first-order chi connectivity index (χ1) is 9.78. The van der Waals surface area contributed by atoms with E-state index in [0.29, 0.717) is 12.0 Å². The number of hydrogen-bond acceptors (Lipinski definition) is 3. The lowest BCUT2D eigenvalue weighted by atomic mass is 10.0. The molecule has 1 N–H and O–H groups in total. The normalized spacial score (nSPS) is 30.0. The van der Waals surface area contributed by atoms with Crippen molar-refractivity contribution < 1.29 is 0 Å². The first-order valence-corrected chi connectivity index (χ1v) is 8.37. The quantitative estimate of drug-likeness (QED) is 0.852. The van der Waals surface area contributed by atoms with Crippen LogP contribution in [-0.4, -0.2) is 16.5 Å². The monoisotopic (exact) mass is 273 g/mol. The SMILES string of the molecule is CCNC1CCCCc2nc(C3CCC(C)C3)ncc21. The van der Waals surface area contributed by atoms with Crippen molar-refractivity contribution in [1.82, 2.24) is 15.3 Å². The summed E-state index contributed by atoms with van der Waals surface area (Å²) in [5.41, 5.74) is 2.68. The molecule has 0 aromatic carbocycles. The third kappa shape index (κ3) is 2.88. The van der Waals surface area contributed by atoms with Crippen LogP contribution in [0.1, 0.15) is 81.4 Å². The van der Waals surface area contributed by atoms with Crippen LogP contribution in [0.15, 0.2) is 6.20 Å². The zero-order chi connectivity index (χ0) is 13.9. The molecule has 3 heteroatoms. The van der Waals surface area contributed by atoms with Crippen molar-refractivity contribution in [2.45, 2.75) is 70.8 Å². The Kier molecular flexibility index (Phi) is 4.35. The molecule has 0 radical (unpaired) electrons. The Morgan fingerprint density at radius 1 is 1.25 bits per heavy atom. The van der Waals surface area contributed by atoms with Gasteiger partial charge < -0.3 is 5.32 Å². The van der Waals surface area contributed by atoms with Crippen LogP contribution in [-0.2, 0) is 6.42 Å². The molecule has 2 aliphatic carbocycles. The molecule has 2 aliphatic rings. The maximum atomic E-state index is 4.97. The van der Waals surface area contributed by atoms with Crippen LogP contribution in [0.4, 0.5) is 0 Å². The van der Waals surface area contributed by atoms with Crippen LogP contribution in [0.2, 0.25) is 0 Å². The summed E-state index contributed by atoms with van der Waals surface area (Å²) in [6, 6.07) is 0.467. The smallest absolute Gasteiger partial charge is 0.131 e. The zero-order valence-electron chi connectivity index (χ0n) is 12.9. The summed E-state index contributed by atoms with van der Waals surface area (Å²) < 4.78 is 0. The van der Waals surface area contributed by atoms with Crippen molar-refractivity contribution in [3.63, 3.8) is 0 Å². The number of rotatable bonds is 3. The number of aromatic nitrogens is 2. The molecule has 20 heavy (non-hydrogen) atoms. The number of nitrogens with one attached hydrogen (secondary N) is 1. The summed E-state index contributed by atoms with van der Waals surface area (Å²) in [7, 11) is 0. The molecule has 1 aromatic heterocycles. The first-order valence-electron chi connectivity index (χ1n) is 8.37. The van der Waals surface area contributed by atoms with Gasteiger partial charge in [0.15, 0.2) is 0 Å². The summed E-state index contributed by atoms with van der Waals surface area (Å²) in [6.07, 6.45) is 10.9. The minimum absolute atomic E-state index is 0.467. The lowest BCUT2D eigenvalue weighted by Crippen LogP contribution is -2.22. The molecule has 1 saturated carbocycles. The van der Waals surface area contributed by atoms with Gasteiger partial charge in [-0.3, -0.25) is 0 Å². The van der Waals surface area contributed by atoms with Crippen LogP contribution in [0, 0.1) is 5.92 Å². The largest absolute Gasteiger partial charge is 0.310 e. The van der Waals surface area contributed by atoms with Crippen LogP contribution in [0.25, 0.3) is 0 Å². The Labute approximate surface area is 122 Å². The minimum atomic E-state index is 0.467. The topological polar surface area (TPSA) is 37.8 Å². The van der Waals surface area contributed by atoms with Crippen molar-refractivity contribution in [2.24, 2.45) is 5.92 Å². The van der Waals surface area contributed by atoms with Crippen molar-refractivity contribution in [3.8, 4) is 0 Å². The third-order valence-electron chi connectivity index (χ3n) is 4.96. The molecule has 0 aliphatic heterocycles. The van der Waals surface area contributed by atoms with Gasteiger partial charge in [0.1, 0.15) is 5.82 Å². The Hall–Kier alpha value is -0.960. The van der Waals surface area contributed by atoms with Crippen LogP contribution < -0.4 is 5.32 Å². The van der Waals surface area contributed by atoms with E-state index < -0.39 is 0 Å². The van der Waals surface area contributed by atoms with Crippen molar-refractivity contribution in [2.75, 3.05) is 6.54 Å². The second kappa shape index (κ2) is 6.21. The van der Waals surface area contributed by atoms with E-state index in [1.807, 2.05) is 0 Å². The third-order valence-corrected chi connectivity index (χ3v) is 4.96. The highest BCUT2D eigenvalue weighted by Gasteiger charge is 2.27. The highest BCUT2D eigenvalue weighted by Crippen LogP contribution is 2.37. The Bertz CT molecular complexity index is 458. The summed E-state index contributed by atoms with van der Waals surface area (Å²) in [5, 5.41) is 3.60. The van der Waals surface area contributed by atoms with Gasteiger partial charge >= 0.3 is 0 Å². The maximum absolute atomic E-state index is 4.97. The predicted molar refractivity (Wildman–Crippen MR) is 81.8 cm³/mol. The Morgan fingerprint density at radius 2 is 2.15 bits per heavy atom. The van der Waals surface area contributed by atoms with Gasteiger partial charge in [-0.1, -0.05) is 20.3 Å². The van der Waals surface area contributed by atoms with Gasteiger partial charge in [-0.05, 0) is 51.0 Å². The molecule has 3 unspecified atom stereocenters. The average Bonchev–Trinajstić information content (AvgIpc) is 2.79. The van der Waals surface area contributed by atoms with Gasteiger partial charge in [-0.2, -0.15) is 0 Å². The predicted octanol–water partition coefficient (Wildman–Crippen LogP) is 3.76. The number of hydrogen-bond donors (Lipinski definition) is 1. The first kappa shape index (κ1) is 14.0. The van der Waals surface area contributed by atoms with Gasteiger partial charge in [-0.25, -0.2) is 9.97 Å². The van der Waals surface area contributed by atoms with Crippen LogP contribution in [0.5, 0.6) is 0 Å². The molecular formula is C17H27N3. The van der Waals surface area contributed by atoms with Gasteiger partial charge in [0.05, 0.1) is 0 Å². The highest BCUT2D eigenvalue weighted by atomic mass is 14.9. The van der Waals surface area contributed by atoms with E-state index in [1.165, 1.54) is 49.8 Å². The van der Waals surface area contributed by atoms with Gasteiger partial charge in [0.25, 0.3) is 0 Å². The molecular weight excluding hydrogens is 246 g/mol. The van der Waals surface area contributed by atoms with E-state index in [4.69, 9.17) is 9.97 Å². The van der Waals surface area contributed by atoms with E-state index in [1.54, 1.807) is 0 Å². The minimum Gasteiger partial charge on any atom is -0.310 e. The van der Waals surface area contributed by atoms with E-state index >= 15 is 0 Å². The van der Waals surface area contributed by atoms with Crippen LogP contribution >= 0.6 is 0 Å². The van der Waals surface area contributed by atoms with E-state index in [-0.39, 0.29) is 0 Å². The fourth-order valence-electron chi connectivity index (χ4n) is 3.83. The molecule has 0 spiro atoms. The Morgan fingerprint density at radius 3 is 2.90 bits per heavy atom. The zero-order valence-corrected chi connectivity index (χ0v) is 12.9. The van der Waals surface area contributed by atoms with E-state index in [2.05, 4.69) is 25.4 Å². The van der Waals surface area contributed by atoms with E-state index in [0.717, 1.165) is 24.7 Å². The standard InChI is InChI=1S/C17H27N3/c1-3-18-15-6-4-5-7-16-14(15)11-19-17(20-16)13-9-8-12(2)10-13/h11-13,15,18H,3-10H2,1-2H3. The van der Waals surface area contributed by atoms with Crippen molar-refractivity contribution in [3.05, 3.63) is 23.3 Å². The summed E-state index contributed by atoms with van der Waals surface area (Å²) >= 11 is 0. The number of aryl methyl sites for hydroxylation is 1. The van der Waals surface area contributed by atoms with Gasteiger partial charge in [0, 0.05) is 29.4 Å². The molecule has 0 saturated heterocycles. The fourth-order valence-corrected chi connectivity index (χ4v) is 3.83. The average molecular weight is 273 g/mol. The lowest BCUT2D eigenvalue weighted by molar-refractivity contribution is 0.501. The molecule has 0 bridgehead atoms. The summed E-state index contributed by atoms with van der Waals surface area (Å²) in [4.78, 5) is 9.70.